The lowest BCUT2D eigenvalue weighted by Crippen LogP contribution is -2.27. The highest BCUT2D eigenvalue weighted by Crippen LogP contribution is 2.17. The van der Waals surface area contributed by atoms with E-state index in [-0.39, 0.29) is 12.6 Å². The zero-order valence-corrected chi connectivity index (χ0v) is 37.7. The molecule has 55 heavy (non-hydrogen) atoms. The SMILES string of the molecule is CCCCCCCC/C=C\CCCCCCCCCCOCC(CO)OC(=O)CCCCCCCCCCCCCCCCCCCCCCCCCCC. The van der Waals surface area contributed by atoms with Crippen LogP contribution in [0.4, 0.5) is 0 Å². The maximum Gasteiger partial charge on any atom is 0.306 e. The second kappa shape index (κ2) is 49.3. The van der Waals surface area contributed by atoms with Crippen LogP contribution >= 0.6 is 0 Å². The second-order valence-corrected chi connectivity index (χ2v) is 17.2. The van der Waals surface area contributed by atoms with Gasteiger partial charge in [-0.25, -0.2) is 0 Å². The fourth-order valence-corrected chi connectivity index (χ4v) is 7.80. The molecule has 0 aromatic rings. The molecule has 0 fully saturated rings. The highest BCUT2D eigenvalue weighted by atomic mass is 16.6. The molecule has 0 aromatic heterocycles. The van der Waals surface area contributed by atoms with Gasteiger partial charge in [-0.05, 0) is 38.5 Å². The first-order chi connectivity index (χ1) is 27.2. The Labute approximate surface area is 345 Å². The van der Waals surface area contributed by atoms with Gasteiger partial charge < -0.3 is 14.6 Å². The Morgan fingerprint density at radius 2 is 0.709 bits per heavy atom. The third-order valence-corrected chi connectivity index (χ3v) is 11.6. The van der Waals surface area contributed by atoms with Gasteiger partial charge in [0.1, 0.15) is 6.10 Å². The molecule has 0 spiro atoms. The van der Waals surface area contributed by atoms with Gasteiger partial charge in [0.25, 0.3) is 0 Å². The third kappa shape index (κ3) is 47.4. The van der Waals surface area contributed by atoms with Crippen LogP contribution in [0.15, 0.2) is 12.2 Å². The minimum absolute atomic E-state index is 0.167. The lowest BCUT2D eigenvalue weighted by atomic mass is 10.0. The molecule has 0 rings (SSSR count). The van der Waals surface area contributed by atoms with Crippen LogP contribution in [0.5, 0.6) is 0 Å². The molecule has 0 bridgehead atoms. The van der Waals surface area contributed by atoms with Crippen LogP contribution in [0.2, 0.25) is 0 Å². The Balaban J connectivity index is 3.34. The molecule has 0 heterocycles. The standard InChI is InChI=1S/C51H100O4/c1-3-5-7-9-11-13-15-17-19-21-23-24-25-26-27-28-29-30-32-34-36-38-40-42-44-46-51(53)55-50(48-52)49-54-47-45-43-41-39-37-35-33-31-22-20-18-16-14-12-10-8-6-4-2/h18,20,50,52H,3-17,19,21-49H2,1-2H3/b20-18-. The van der Waals surface area contributed by atoms with Crippen molar-refractivity contribution in [2.45, 2.75) is 290 Å². The van der Waals surface area contributed by atoms with Crippen LogP contribution in [-0.2, 0) is 14.3 Å². The molecular formula is C51H100O4. The summed E-state index contributed by atoms with van der Waals surface area (Å²) < 4.78 is 11.2. The number of esters is 1. The summed E-state index contributed by atoms with van der Waals surface area (Å²) in [5.74, 6) is -0.194. The van der Waals surface area contributed by atoms with E-state index < -0.39 is 6.10 Å². The third-order valence-electron chi connectivity index (χ3n) is 11.6. The van der Waals surface area contributed by atoms with Crippen molar-refractivity contribution in [1.82, 2.24) is 0 Å². The lowest BCUT2D eigenvalue weighted by Gasteiger charge is -2.16. The summed E-state index contributed by atoms with van der Waals surface area (Å²) in [6.45, 7) is 5.39. The van der Waals surface area contributed by atoms with Crippen LogP contribution in [0.25, 0.3) is 0 Å². The van der Waals surface area contributed by atoms with Crippen molar-refractivity contribution in [3.63, 3.8) is 0 Å². The minimum atomic E-state index is -0.530. The molecular weight excluding hydrogens is 677 g/mol. The van der Waals surface area contributed by atoms with Crippen molar-refractivity contribution in [3.8, 4) is 0 Å². The molecule has 0 radical (unpaired) electrons. The highest BCUT2D eigenvalue weighted by Gasteiger charge is 2.13. The molecule has 1 atom stereocenters. The van der Waals surface area contributed by atoms with Crippen LogP contribution in [0, 0.1) is 0 Å². The Morgan fingerprint density at radius 1 is 0.418 bits per heavy atom. The molecule has 4 nitrogen and oxygen atoms in total. The summed E-state index contributed by atoms with van der Waals surface area (Å²) in [6.07, 6.45) is 60.2. The fraction of sp³-hybridized carbons (Fsp3) is 0.941. The van der Waals surface area contributed by atoms with Gasteiger partial charge >= 0.3 is 5.97 Å². The quantitative estimate of drug-likeness (QED) is 0.0380. The molecule has 0 aliphatic carbocycles. The Hall–Kier alpha value is -0.870. The first kappa shape index (κ1) is 54.1. The Kier molecular flexibility index (Phi) is 48.5. The number of carbonyl (C=O) groups excluding carboxylic acids is 1. The summed E-state index contributed by atoms with van der Waals surface area (Å²) >= 11 is 0. The average Bonchev–Trinajstić information content (AvgIpc) is 3.19. The summed E-state index contributed by atoms with van der Waals surface area (Å²) in [6, 6.07) is 0. The molecule has 1 N–H and O–H groups in total. The minimum Gasteiger partial charge on any atom is -0.457 e. The largest absolute Gasteiger partial charge is 0.457 e. The molecule has 1 unspecified atom stereocenters. The van der Waals surface area contributed by atoms with Crippen LogP contribution in [-0.4, -0.2) is 37.0 Å². The predicted molar refractivity (Wildman–Crippen MR) is 242 cm³/mol. The number of unbranched alkanes of at least 4 members (excludes halogenated alkanes) is 38. The van der Waals surface area contributed by atoms with Gasteiger partial charge in [0.05, 0.1) is 13.2 Å². The van der Waals surface area contributed by atoms with Gasteiger partial charge in [0.15, 0.2) is 0 Å². The van der Waals surface area contributed by atoms with Crippen molar-refractivity contribution in [1.29, 1.82) is 0 Å². The zero-order valence-electron chi connectivity index (χ0n) is 37.7. The van der Waals surface area contributed by atoms with Crippen molar-refractivity contribution in [2.24, 2.45) is 0 Å². The molecule has 0 saturated carbocycles. The molecule has 0 aromatic carbocycles. The summed E-state index contributed by atoms with van der Waals surface area (Å²) in [7, 11) is 0. The normalized spacial score (nSPS) is 12.3. The van der Waals surface area contributed by atoms with Gasteiger partial charge in [0.2, 0.25) is 0 Å². The Morgan fingerprint density at radius 3 is 1.04 bits per heavy atom. The van der Waals surface area contributed by atoms with Gasteiger partial charge in [0, 0.05) is 13.0 Å². The number of ether oxygens (including phenoxy) is 2. The topological polar surface area (TPSA) is 55.8 Å². The van der Waals surface area contributed by atoms with E-state index in [0.29, 0.717) is 19.6 Å². The van der Waals surface area contributed by atoms with Gasteiger partial charge in [-0.2, -0.15) is 0 Å². The van der Waals surface area contributed by atoms with Crippen molar-refractivity contribution in [2.75, 3.05) is 19.8 Å². The number of hydrogen-bond acceptors (Lipinski definition) is 4. The first-order valence-electron chi connectivity index (χ1n) is 25.3. The molecule has 0 saturated heterocycles. The molecule has 0 aliphatic rings. The Bertz CT molecular complexity index is 736. The van der Waals surface area contributed by atoms with Gasteiger partial charge in [-0.15, -0.1) is 0 Å². The van der Waals surface area contributed by atoms with E-state index in [4.69, 9.17) is 9.47 Å². The maximum atomic E-state index is 12.3. The van der Waals surface area contributed by atoms with E-state index in [1.807, 2.05) is 0 Å². The second-order valence-electron chi connectivity index (χ2n) is 17.2. The lowest BCUT2D eigenvalue weighted by molar-refractivity contribution is -0.154. The van der Waals surface area contributed by atoms with Crippen LogP contribution in [0.1, 0.15) is 284 Å². The number of aliphatic hydroxyl groups is 1. The van der Waals surface area contributed by atoms with E-state index in [2.05, 4.69) is 26.0 Å². The van der Waals surface area contributed by atoms with E-state index >= 15 is 0 Å². The molecule has 328 valence electrons. The molecule has 0 aliphatic heterocycles. The van der Waals surface area contributed by atoms with Crippen LogP contribution in [0.3, 0.4) is 0 Å². The summed E-state index contributed by atoms with van der Waals surface area (Å²) in [4.78, 5) is 12.3. The van der Waals surface area contributed by atoms with E-state index in [1.165, 1.54) is 244 Å². The van der Waals surface area contributed by atoms with Crippen molar-refractivity contribution >= 4 is 5.97 Å². The summed E-state index contributed by atoms with van der Waals surface area (Å²) in [5, 5.41) is 9.64. The zero-order chi connectivity index (χ0) is 39.8. The number of hydrogen-bond donors (Lipinski definition) is 1. The van der Waals surface area contributed by atoms with Crippen molar-refractivity contribution < 1.29 is 19.4 Å². The average molecular weight is 777 g/mol. The monoisotopic (exact) mass is 777 g/mol. The smallest absolute Gasteiger partial charge is 0.306 e. The van der Waals surface area contributed by atoms with E-state index in [1.54, 1.807) is 0 Å². The number of aliphatic hydroxyl groups excluding tert-OH is 1. The van der Waals surface area contributed by atoms with E-state index in [0.717, 1.165) is 19.3 Å². The van der Waals surface area contributed by atoms with Crippen LogP contribution < -0.4 is 0 Å². The fourth-order valence-electron chi connectivity index (χ4n) is 7.80. The van der Waals surface area contributed by atoms with Gasteiger partial charge in [-0.1, -0.05) is 251 Å². The first-order valence-corrected chi connectivity index (χ1v) is 25.3. The highest BCUT2D eigenvalue weighted by molar-refractivity contribution is 5.69. The van der Waals surface area contributed by atoms with Crippen molar-refractivity contribution in [3.05, 3.63) is 12.2 Å². The van der Waals surface area contributed by atoms with Gasteiger partial charge in [-0.3, -0.25) is 4.79 Å². The molecule has 4 heteroatoms. The summed E-state index contributed by atoms with van der Waals surface area (Å²) in [5.41, 5.74) is 0. The maximum absolute atomic E-state index is 12.3. The number of rotatable bonds is 48. The predicted octanol–water partition coefficient (Wildman–Crippen LogP) is 16.9. The molecule has 0 amide bonds. The van der Waals surface area contributed by atoms with E-state index in [9.17, 15) is 9.90 Å². The number of carbonyl (C=O) groups is 1. The number of allylic oxidation sites excluding steroid dienone is 2.